The van der Waals surface area contributed by atoms with Crippen LogP contribution in [0.15, 0.2) is 60.7 Å². The summed E-state index contributed by atoms with van der Waals surface area (Å²) in [4.78, 5) is 0. The Morgan fingerprint density at radius 2 is 1.05 bits per heavy atom. The predicted octanol–water partition coefficient (Wildman–Crippen LogP) is 3.60. The number of nitrogens with zero attached hydrogens (tertiary/aromatic N) is 1. The van der Waals surface area contributed by atoms with Gasteiger partial charge >= 0.3 is 0 Å². The van der Waals surface area contributed by atoms with Crippen LogP contribution < -0.4 is 10.4 Å². The van der Waals surface area contributed by atoms with E-state index >= 15 is 0 Å². The van der Waals surface area contributed by atoms with Crippen LogP contribution in [0, 0.1) is 0 Å². The zero-order valence-electron chi connectivity index (χ0n) is 13.3. The molecule has 0 spiro atoms. The molecule has 0 aliphatic heterocycles. The van der Waals surface area contributed by atoms with E-state index in [1.54, 1.807) is 0 Å². The highest BCUT2D eigenvalue weighted by atomic mass is 35.6. The molecular formula is C18H24ClNSi. The maximum absolute atomic E-state index is 7.41. The smallest absolute Gasteiger partial charge is 0.292 e. The number of halogens is 1. The van der Waals surface area contributed by atoms with Gasteiger partial charge in [0.2, 0.25) is 0 Å². The molecule has 0 aliphatic rings. The van der Waals surface area contributed by atoms with E-state index in [1.807, 2.05) is 0 Å². The monoisotopic (exact) mass is 317 g/mol. The van der Waals surface area contributed by atoms with E-state index in [0.29, 0.717) is 12.1 Å². The Kier molecular flexibility index (Phi) is 5.25. The maximum Gasteiger partial charge on any atom is 0.292 e. The first-order chi connectivity index (χ1) is 9.98. The van der Waals surface area contributed by atoms with Gasteiger partial charge in [-0.1, -0.05) is 88.4 Å². The highest BCUT2D eigenvalue weighted by Crippen LogP contribution is 2.22. The molecule has 21 heavy (non-hydrogen) atoms. The molecule has 0 radical (unpaired) electrons. The van der Waals surface area contributed by atoms with Gasteiger partial charge in [0.1, 0.15) is 0 Å². The number of benzene rings is 2. The molecule has 0 saturated carbocycles. The van der Waals surface area contributed by atoms with Crippen LogP contribution in [0.25, 0.3) is 0 Å². The van der Waals surface area contributed by atoms with E-state index in [1.165, 1.54) is 10.4 Å². The molecular weight excluding hydrogens is 294 g/mol. The molecule has 3 heteroatoms. The van der Waals surface area contributed by atoms with E-state index in [-0.39, 0.29) is 0 Å². The summed E-state index contributed by atoms with van der Waals surface area (Å²) in [5.41, 5.74) is 0. The lowest BCUT2D eigenvalue weighted by Gasteiger charge is -2.43. The first kappa shape index (κ1) is 16.3. The van der Waals surface area contributed by atoms with Crippen LogP contribution in [0.1, 0.15) is 27.7 Å². The second-order valence-corrected chi connectivity index (χ2v) is 10.5. The second-order valence-electron chi connectivity index (χ2n) is 5.95. The summed E-state index contributed by atoms with van der Waals surface area (Å²) in [6, 6.07) is 21.9. The fourth-order valence-electron chi connectivity index (χ4n) is 3.09. The number of rotatable bonds is 5. The average molecular weight is 318 g/mol. The SMILES string of the molecule is CC(C)N(C(C)C)[Si](Cl)(c1ccccc1)c1ccccc1. The third-order valence-corrected chi connectivity index (χ3v) is 9.62. The maximum atomic E-state index is 7.41. The fourth-order valence-corrected chi connectivity index (χ4v) is 8.64. The highest BCUT2D eigenvalue weighted by Gasteiger charge is 2.44. The Labute approximate surface area is 134 Å². The van der Waals surface area contributed by atoms with Gasteiger partial charge in [0.15, 0.2) is 0 Å². The van der Waals surface area contributed by atoms with Crippen molar-refractivity contribution in [2.45, 2.75) is 39.8 Å². The van der Waals surface area contributed by atoms with Crippen LogP contribution in [0.2, 0.25) is 0 Å². The molecule has 0 saturated heterocycles. The largest absolute Gasteiger partial charge is 0.300 e. The third kappa shape index (κ3) is 3.23. The summed E-state index contributed by atoms with van der Waals surface area (Å²) in [7, 11) is -2.45. The van der Waals surface area contributed by atoms with Gasteiger partial charge in [0.25, 0.3) is 7.55 Å². The van der Waals surface area contributed by atoms with E-state index in [0.717, 1.165) is 0 Å². The van der Waals surface area contributed by atoms with Gasteiger partial charge in [0, 0.05) is 0 Å². The average Bonchev–Trinajstić information content (AvgIpc) is 2.48. The lowest BCUT2D eigenvalue weighted by Crippen LogP contribution is -2.69. The molecule has 1 nitrogen and oxygen atoms in total. The van der Waals surface area contributed by atoms with Crippen LogP contribution in [0.3, 0.4) is 0 Å². The van der Waals surface area contributed by atoms with Crippen molar-refractivity contribution in [2.75, 3.05) is 0 Å². The molecule has 112 valence electrons. The molecule has 0 N–H and O–H groups in total. The summed E-state index contributed by atoms with van der Waals surface area (Å²) < 4.78 is 2.50. The number of hydrogen-bond acceptors (Lipinski definition) is 1. The van der Waals surface area contributed by atoms with E-state index in [4.69, 9.17) is 11.1 Å². The predicted molar refractivity (Wildman–Crippen MR) is 95.9 cm³/mol. The van der Waals surface area contributed by atoms with Crippen molar-refractivity contribution < 1.29 is 0 Å². The first-order valence-corrected chi connectivity index (χ1v) is 10.5. The quantitative estimate of drug-likeness (QED) is 0.601. The molecule has 2 aromatic rings. The zero-order valence-corrected chi connectivity index (χ0v) is 15.0. The fraction of sp³-hybridized carbons (Fsp3) is 0.333. The minimum Gasteiger partial charge on any atom is -0.300 e. The standard InChI is InChI=1S/C18H24ClNSi/c1-15(2)20(16(3)4)21(19,17-11-7-5-8-12-17)18-13-9-6-10-14-18/h5-16H,1-4H3. The van der Waals surface area contributed by atoms with Crippen molar-refractivity contribution in [3.63, 3.8) is 0 Å². The van der Waals surface area contributed by atoms with Crippen molar-refractivity contribution in [2.24, 2.45) is 0 Å². The Balaban J connectivity index is 2.65. The summed E-state index contributed by atoms with van der Waals surface area (Å²) in [6.07, 6.45) is 0. The lowest BCUT2D eigenvalue weighted by molar-refractivity contribution is 0.306. The Morgan fingerprint density at radius 1 is 0.714 bits per heavy atom. The Bertz CT molecular complexity index is 506. The summed E-state index contributed by atoms with van der Waals surface area (Å²) in [6.45, 7) is 8.93. The number of hydrogen-bond donors (Lipinski definition) is 0. The van der Waals surface area contributed by atoms with Crippen LogP contribution in [-0.4, -0.2) is 24.2 Å². The van der Waals surface area contributed by atoms with E-state index in [9.17, 15) is 0 Å². The third-order valence-electron chi connectivity index (χ3n) is 3.78. The normalized spacial score (nSPS) is 12.4. The zero-order chi connectivity index (χ0) is 15.5. The highest BCUT2D eigenvalue weighted by molar-refractivity contribution is 7.32. The van der Waals surface area contributed by atoms with E-state index < -0.39 is 7.55 Å². The topological polar surface area (TPSA) is 3.24 Å². The molecule has 2 rings (SSSR count). The van der Waals surface area contributed by atoms with Crippen molar-refractivity contribution in [3.05, 3.63) is 60.7 Å². The van der Waals surface area contributed by atoms with Crippen LogP contribution in [0.5, 0.6) is 0 Å². The van der Waals surface area contributed by atoms with Crippen LogP contribution in [0.4, 0.5) is 0 Å². The molecule has 0 amide bonds. The summed E-state index contributed by atoms with van der Waals surface area (Å²) >= 11 is 7.41. The molecule has 0 bridgehead atoms. The van der Waals surface area contributed by atoms with Gasteiger partial charge in [-0.05, 0) is 22.5 Å². The van der Waals surface area contributed by atoms with Gasteiger partial charge in [-0.15, -0.1) is 11.1 Å². The van der Waals surface area contributed by atoms with Crippen molar-refractivity contribution in [1.29, 1.82) is 0 Å². The Morgan fingerprint density at radius 3 is 1.33 bits per heavy atom. The minimum absolute atomic E-state index is 0.398. The lowest BCUT2D eigenvalue weighted by atomic mass is 10.3. The molecule has 0 fully saturated rings. The van der Waals surface area contributed by atoms with E-state index in [2.05, 4.69) is 92.9 Å². The van der Waals surface area contributed by atoms with Gasteiger partial charge in [0.05, 0.1) is 0 Å². The van der Waals surface area contributed by atoms with Crippen molar-refractivity contribution >= 4 is 29.0 Å². The van der Waals surface area contributed by atoms with Crippen molar-refractivity contribution in [1.82, 2.24) is 4.57 Å². The molecule has 0 heterocycles. The van der Waals surface area contributed by atoms with Gasteiger partial charge < -0.3 is 4.57 Å². The van der Waals surface area contributed by atoms with Gasteiger partial charge in [-0.2, -0.15) is 0 Å². The summed E-state index contributed by atoms with van der Waals surface area (Å²) in [5, 5.41) is 2.50. The van der Waals surface area contributed by atoms with Crippen LogP contribution in [-0.2, 0) is 0 Å². The molecule has 0 aromatic heterocycles. The van der Waals surface area contributed by atoms with Crippen LogP contribution >= 0.6 is 11.1 Å². The molecule has 2 aromatic carbocycles. The minimum atomic E-state index is -2.45. The first-order valence-electron chi connectivity index (χ1n) is 7.56. The van der Waals surface area contributed by atoms with Gasteiger partial charge in [-0.3, -0.25) is 0 Å². The second kappa shape index (κ2) is 6.78. The summed E-state index contributed by atoms with van der Waals surface area (Å²) in [5.74, 6) is 0. The Hall–Kier alpha value is -1.09. The molecule has 0 aliphatic carbocycles. The van der Waals surface area contributed by atoms with Gasteiger partial charge in [-0.25, -0.2) is 0 Å². The van der Waals surface area contributed by atoms with Crippen molar-refractivity contribution in [3.8, 4) is 0 Å². The molecule has 0 atom stereocenters. The molecule has 0 unspecified atom stereocenters.